The fourth-order valence-corrected chi connectivity index (χ4v) is 3.09. The van der Waals surface area contributed by atoms with E-state index in [-0.39, 0.29) is 6.04 Å². The van der Waals surface area contributed by atoms with Gasteiger partial charge < -0.3 is 5.73 Å². The van der Waals surface area contributed by atoms with E-state index < -0.39 is 0 Å². The fourth-order valence-electron chi connectivity index (χ4n) is 2.12. The van der Waals surface area contributed by atoms with Crippen molar-refractivity contribution < 1.29 is 0 Å². The molecule has 1 heterocycles. The summed E-state index contributed by atoms with van der Waals surface area (Å²) in [7, 11) is 0. The lowest BCUT2D eigenvalue weighted by atomic mass is 10.1. The molecule has 3 rings (SSSR count). The van der Waals surface area contributed by atoms with Crippen molar-refractivity contribution >= 4 is 11.3 Å². The summed E-state index contributed by atoms with van der Waals surface area (Å²) in [5, 5.41) is 10.5. The normalized spacial score (nSPS) is 24.6. The van der Waals surface area contributed by atoms with Crippen molar-refractivity contribution in [1.82, 2.24) is 10.2 Å². The largest absolute Gasteiger partial charge is 0.322 e. The van der Waals surface area contributed by atoms with Crippen molar-refractivity contribution in [2.24, 2.45) is 5.73 Å². The monoisotopic (exact) mass is 245 g/mol. The zero-order chi connectivity index (χ0) is 11.8. The van der Waals surface area contributed by atoms with Gasteiger partial charge in [-0.2, -0.15) is 0 Å². The Bertz CT molecular complexity index is 506. The highest BCUT2D eigenvalue weighted by molar-refractivity contribution is 7.11. The Morgan fingerprint density at radius 2 is 2.00 bits per heavy atom. The summed E-state index contributed by atoms with van der Waals surface area (Å²) in [5.41, 5.74) is 7.21. The second kappa shape index (κ2) is 4.20. The number of nitrogens with zero attached hydrogens (tertiary/aromatic N) is 2. The molecule has 0 bridgehead atoms. The molecule has 0 saturated heterocycles. The summed E-state index contributed by atoms with van der Waals surface area (Å²) >= 11 is 1.66. The molecule has 88 valence electrons. The van der Waals surface area contributed by atoms with E-state index in [0.717, 1.165) is 10.0 Å². The van der Waals surface area contributed by atoms with Crippen molar-refractivity contribution in [3.63, 3.8) is 0 Å². The Kier molecular flexibility index (Phi) is 2.68. The fraction of sp³-hybridized carbons (Fsp3) is 0.385. The highest BCUT2D eigenvalue weighted by atomic mass is 32.1. The second-order valence-electron chi connectivity index (χ2n) is 4.63. The third kappa shape index (κ3) is 2.10. The highest BCUT2D eigenvalue weighted by Crippen LogP contribution is 2.55. The number of aromatic nitrogens is 2. The zero-order valence-corrected chi connectivity index (χ0v) is 10.5. The van der Waals surface area contributed by atoms with E-state index in [4.69, 9.17) is 5.73 Å². The topological polar surface area (TPSA) is 51.8 Å². The molecule has 2 N–H and O–H groups in total. The Labute approximate surface area is 105 Å². The van der Waals surface area contributed by atoms with Crippen LogP contribution < -0.4 is 5.73 Å². The van der Waals surface area contributed by atoms with Crippen LogP contribution in [0.4, 0.5) is 0 Å². The number of benzene rings is 1. The quantitative estimate of drug-likeness (QED) is 0.904. The molecule has 1 saturated carbocycles. The smallest absolute Gasteiger partial charge is 0.133 e. The molecule has 3 unspecified atom stereocenters. The second-order valence-corrected chi connectivity index (χ2v) is 5.67. The van der Waals surface area contributed by atoms with Crippen molar-refractivity contribution in [3.05, 3.63) is 45.9 Å². The molecular weight excluding hydrogens is 230 g/mol. The van der Waals surface area contributed by atoms with Gasteiger partial charge >= 0.3 is 0 Å². The number of hydrogen-bond acceptors (Lipinski definition) is 4. The van der Waals surface area contributed by atoms with E-state index in [2.05, 4.69) is 40.5 Å². The van der Waals surface area contributed by atoms with Gasteiger partial charge in [0, 0.05) is 5.92 Å². The van der Waals surface area contributed by atoms with Crippen molar-refractivity contribution in [2.75, 3.05) is 0 Å². The first-order chi connectivity index (χ1) is 8.25. The minimum absolute atomic E-state index is 0.00447. The van der Waals surface area contributed by atoms with E-state index in [1.54, 1.807) is 11.3 Å². The number of hydrogen-bond donors (Lipinski definition) is 1. The summed E-state index contributed by atoms with van der Waals surface area (Å²) in [6, 6.07) is 10.6. The molecule has 4 heteroatoms. The van der Waals surface area contributed by atoms with Gasteiger partial charge in [0.25, 0.3) is 0 Å². The Morgan fingerprint density at radius 3 is 2.65 bits per heavy atom. The van der Waals surface area contributed by atoms with Crippen LogP contribution in [-0.4, -0.2) is 10.2 Å². The first-order valence-electron chi connectivity index (χ1n) is 5.89. The SMILES string of the molecule is CC(N)c1nnc(C2CC2c2ccccc2)s1. The molecule has 1 aliphatic rings. The Hall–Kier alpha value is -1.26. The van der Waals surface area contributed by atoms with Crippen molar-refractivity contribution in [2.45, 2.75) is 31.2 Å². The van der Waals surface area contributed by atoms with Gasteiger partial charge in [-0.05, 0) is 24.8 Å². The molecule has 1 aliphatic carbocycles. The summed E-state index contributed by atoms with van der Waals surface area (Å²) in [6.45, 7) is 1.95. The molecule has 1 aromatic heterocycles. The Morgan fingerprint density at radius 1 is 1.24 bits per heavy atom. The van der Waals surface area contributed by atoms with E-state index >= 15 is 0 Å². The van der Waals surface area contributed by atoms with Crippen molar-refractivity contribution in [3.8, 4) is 0 Å². The average molecular weight is 245 g/mol. The van der Waals surface area contributed by atoms with E-state index in [0.29, 0.717) is 11.8 Å². The maximum atomic E-state index is 5.80. The van der Waals surface area contributed by atoms with Crippen LogP contribution in [0.5, 0.6) is 0 Å². The van der Waals surface area contributed by atoms with Gasteiger partial charge in [-0.1, -0.05) is 41.7 Å². The molecule has 17 heavy (non-hydrogen) atoms. The molecule has 0 aliphatic heterocycles. The molecule has 1 fully saturated rings. The molecular formula is C13H15N3S. The van der Waals surface area contributed by atoms with Crippen LogP contribution in [0.15, 0.2) is 30.3 Å². The summed E-state index contributed by atoms with van der Waals surface area (Å²) in [4.78, 5) is 0. The van der Waals surface area contributed by atoms with Gasteiger partial charge in [0.2, 0.25) is 0 Å². The van der Waals surface area contributed by atoms with E-state index in [9.17, 15) is 0 Å². The van der Waals surface area contributed by atoms with Gasteiger partial charge in [0.15, 0.2) is 0 Å². The number of rotatable bonds is 3. The van der Waals surface area contributed by atoms with E-state index in [1.807, 2.05) is 6.92 Å². The zero-order valence-electron chi connectivity index (χ0n) is 9.71. The summed E-state index contributed by atoms with van der Waals surface area (Å²) in [6.07, 6.45) is 1.19. The standard InChI is InChI=1S/C13H15N3S/c1-8(14)12-15-16-13(17-12)11-7-10(11)9-5-3-2-4-6-9/h2-6,8,10-11H,7,14H2,1H3. The highest BCUT2D eigenvalue weighted by Gasteiger charge is 2.42. The van der Waals surface area contributed by atoms with Gasteiger partial charge in [-0.25, -0.2) is 0 Å². The van der Waals surface area contributed by atoms with Crippen molar-refractivity contribution in [1.29, 1.82) is 0 Å². The summed E-state index contributed by atoms with van der Waals surface area (Å²) in [5.74, 6) is 1.19. The minimum Gasteiger partial charge on any atom is -0.322 e. The molecule has 1 aromatic carbocycles. The maximum absolute atomic E-state index is 5.80. The molecule has 2 aromatic rings. The van der Waals surface area contributed by atoms with Crippen LogP contribution >= 0.6 is 11.3 Å². The molecule has 0 spiro atoms. The Balaban J connectivity index is 1.76. The molecule has 3 nitrogen and oxygen atoms in total. The summed E-state index contributed by atoms with van der Waals surface area (Å²) < 4.78 is 0. The van der Waals surface area contributed by atoms with Gasteiger partial charge in [0.1, 0.15) is 10.0 Å². The van der Waals surface area contributed by atoms with Crippen LogP contribution in [-0.2, 0) is 0 Å². The minimum atomic E-state index is -0.00447. The molecule has 3 atom stereocenters. The maximum Gasteiger partial charge on any atom is 0.133 e. The molecule has 0 radical (unpaired) electrons. The van der Waals surface area contributed by atoms with Crippen LogP contribution in [0.1, 0.15) is 46.8 Å². The van der Waals surface area contributed by atoms with Crippen LogP contribution in [0.3, 0.4) is 0 Å². The third-order valence-corrected chi connectivity index (χ3v) is 4.44. The third-order valence-electron chi connectivity index (χ3n) is 3.18. The lowest BCUT2D eigenvalue weighted by molar-refractivity contribution is 0.781. The van der Waals surface area contributed by atoms with Gasteiger partial charge in [-0.3, -0.25) is 0 Å². The van der Waals surface area contributed by atoms with Crippen LogP contribution in [0.25, 0.3) is 0 Å². The predicted octanol–water partition coefficient (Wildman–Crippen LogP) is 2.83. The average Bonchev–Trinajstić information content (AvgIpc) is 2.99. The van der Waals surface area contributed by atoms with Crippen LogP contribution in [0, 0.1) is 0 Å². The first-order valence-corrected chi connectivity index (χ1v) is 6.71. The van der Waals surface area contributed by atoms with Crippen LogP contribution in [0.2, 0.25) is 0 Å². The van der Waals surface area contributed by atoms with E-state index in [1.165, 1.54) is 12.0 Å². The first kappa shape index (κ1) is 10.9. The lowest BCUT2D eigenvalue weighted by Gasteiger charge is -1.97. The lowest BCUT2D eigenvalue weighted by Crippen LogP contribution is -2.03. The molecule has 0 amide bonds. The predicted molar refractivity (Wildman–Crippen MR) is 69.1 cm³/mol. The van der Waals surface area contributed by atoms with Gasteiger partial charge in [0.05, 0.1) is 6.04 Å². The number of nitrogens with two attached hydrogens (primary N) is 1. The van der Waals surface area contributed by atoms with Gasteiger partial charge in [-0.15, -0.1) is 10.2 Å².